The third-order valence-electron chi connectivity index (χ3n) is 2.16. The first-order valence-corrected chi connectivity index (χ1v) is 5.55. The van der Waals surface area contributed by atoms with E-state index in [0.717, 1.165) is 17.9 Å². The number of aryl methyl sites for hydroxylation is 1. The first kappa shape index (κ1) is 13.2. The summed E-state index contributed by atoms with van der Waals surface area (Å²) in [6.07, 6.45) is 2.06. The van der Waals surface area contributed by atoms with Gasteiger partial charge in [0.15, 0.2) is 0 Å². The molecule has 0 radical (unpaired) electrons. The highest BCUT2D eigenvalue weighted by Crippen LogP contribution is 2.12. The fourth-order valence-electron chi connectivity index (χ4n) is 1.25. The average molecular weight is 238 g/mol. The summed E-state index contributed by atoms with van der Waals surface area (Å²) < 4.78 is 4.56. The molecule has 0 aromatic carbocycles. The van der Waals surface area contributed by atoms with Crippen LogP contribution in [0.1, 0.15) is 18.9 Å². The van der Waals surface area contributed by atoms with Gasteiger partial charge in [-0.15, -0.1) is 0 Å². The Hall–Kier alpha value is -1.85. The van der Waals surface area contributed by atoms with Crippen LogP contribution >= 0.6 is 0 Å². The van der Waals surface area contributed by atoms with Gasteiger partial charge in [-0.2, -0.15) is 4.98 Å². The van der Waals surface area contributed by atoms with E-state index in [1.807, 2.05) is 13.8 Å². The zero-order chi connectivity index (χ0) is 12.7. The predicted molar refractivity (Wildman–Crippen MR) is 66.1 cm³/mol. The number of anilines is 2. The molecule has 2 N–H and O–H groups in total. The summed E-state index contributed by atoms with van der Waals surface area (Å²) in [5, 5.41) is 6.12. The van der Waals surface area contributed by atoms with Crippen LogP contribution in [0.4, 0.5) is 11.8 Å². The molecule has 0 fully saturated rings. The van der Waals surface area contributed by atoms with Gasteiger partial charge in [-0.25, -0.2) is 4.98 Å². The third-order valence-corrected chi connectivity index (χ3v) is 2.16. The van der Waals surface area contributed by atoms with Crippen LogP contribution in [0.2, 0.25) is 0 Å². The molecule has 0 aliphatic rings. The third kappa shape index (κ3) is 4.26. The Morgan fingerprint density at radius 2 is 2.24 bits per heavy atom. The molecule has 0 saturated heterocycles. The van der Waals surface area contributed by atoms with Crippen LogP contribution in [0, 0.1) is 6.92 Å². The summed E-state index contributed by atoms with van der Waals surface area (Å²) in [5.74, 6) is 1.08. The lowest BCUT2D eigenvalue weighted by atomic mass is 10.3. The molecule has 0 unspecified atom stereocenters. The molecule has 1 rings (SSSR count). The minimum absolute atomic E-state index is 0.240. The van der Waals surface area contributed by atoms with Gasteiger partial charge in [0.2, 0.25) is 5.95 Å². The molecule has 0 spiro atoms. The number of rotatable bonds is 6. The fraction of sp³-hybridized carbons (Fsp3) is 0.545. The second-order valence-electron chi connectivity index (χ2n) is 3.51. The molecule has 1 aromatic heterocycles. The fourth-order valence-corrected chi connectivity index (χ4v) is 1.25. The van der Waals surface area contributed by atoms with Crippen LogP contribution in [0.25, 0.3) is 0 Å². The smallest absolute Gasteiger partial charge is 0.307 e. The number of carbonyl (C=O) groups is 1. The van der Waals surface area contributed by atoms with Gasteiger partial charge in [0.05, 0.1) is 13.5 Å². The van der Waals surface area contributed by atoms with Crippen molar-refractivity contribution in [3.63, 3.8) is 0 Å². The molecular weight excluding hydrogens is 220 g/mol. The van der Waals surface area contributed by atoms with E-state index >= 15 is 0 Å². The van der Waals surface area contributed by atoms with Crippen molar-refractivity contribution in [2.45, 2.75) is 20.3 Å². The van der Waals surface area contributed by atoms with Gasteiger partial charge in [-0.3, -0.25) is 4.79 Å². The highest BCUT2D eigenvalue weighted by Gasteiger charge is 2.04. The van der Waals surface area contributed by atoms with Crippen LogP contribution in [0.5, 0.6) is 0 Å². The Morgan fingerprint density at radius 1 is 1.47 bits per heavy atom. The van der Waals surface area contributed by atoms with E-state index in [2.05, 4.69) is 25.3 Å². The summed E-state index contributed by atoms with van der Waals surface area (Å²) in [7, 11) is 1.38. The average Bonchev–Trinajstić information content (AvgIpc) is 2.33. The largest absolute Gasteiger partial charge is 0.469 e. The van der Waals surface area contributed by atoms with Crippen LogP contribution < -0.4 is 10.6 Å². The Bertz CT molecular complexity index is 382. The number of nitrogens with one attached hydrogen (secondary N) is 2. The van der Waals surface area contributed by atoms with Crippen molar-refractivity contribution in [3.8, 4) is 0 Å². The maximum Gasteiger partial charge on any atom is 0.307 e. The monoisotopic (exact) mass is 238 g/mol. The molecule has 6 nitrogen and oxygen atoms in total. The van der Waals surface area contributed by atoms with E-state index in [9.17, 15) is 4.79 Å². The molecule has 1 aromatic rings. The number of aromatic nitrogens is 2. The van der Waals surface area contributed by atoms with E-state index in [0.29, 0.717) is 18.9 Å². The number of methoxy groups -OCH3 is 1. The number of hydrogen-bond acceptors (Lipinski definition) is 6. The molecule has 0 atom stereocenters. The normalized spacial score (nSPS) is 9.82. The van der Waals surface area contributed by atoms with E-state index in [4.69, 9.17) is 0 Å². The summed E-state index contributed by atoms with van der Waals surface area (Å²) in [5.41, 5.74) is 0.941. The molecule has 17 heavy (non-hydrogen) atoms. The summed E-state index contributed by atoms with van der Waals surface area (Å²) in [4.78, 5) is 19.4. The van der Waals surface area contributed by atoms with Crippen LogP contribution in [0.3, 0.4) is 0 Å². The van der Waals surface area contributed by atoms with Gasteiger partial charge in [-0.1, -0.05) is 0 Å². The molecule has 0 aliphatic carbocycles. The van der Waals surface area contributed by atoms with E-state index < -0.39 is 0 Å². The number of ether oxygens (including phenoxy) is 1. The van der Waals surface area contributed by atoms with E-state index in [1.165, 1.54) is 7.11 Å². The molecule has 0 aliphatic heterocycles. The SMILES string of the molecule is CCNc1ncc(C)c(NCCC(=O)OC)n1. The Kier molecular flexibility index (Phi) is 5.19. The zero-order valence-corrected chi connectivity index (χ0v) is 10.4. The maximum absolute atomic E-state index is 10.9. The molecule has 6 heteroatoms. The molecule has 1 heterocycles. The quantitative estimate of drug-likeness (QED) is 0.725. The van der Waals surface area contributed by atoms with Crippen LogP contribution in [0.15, 0.2) is 6.20 Å². The van der Waals surface area contributed by atoms with Gasteiger partial charge in [-0.05, 0) is 13.8 Å². The molecule has 0 saturated carbocycles. The Morgan fingerprint density at radius 3 is 2.88 bits per heavy atom. The second-order valence-corrected chi connectivity index (χ2v) is 3.51. The minimum atomic E-state index is -0.240. The van der Waals surface area contributed by atoms with Crippen molar-refractivity contribution < 1.29 is 9.53 Å². The first-order chi connectivity index (χ1) is 8.17. The predicted octanol–water partition coefficient (Wildman–Crippen LogP) is 1.19. The van der Waals surface area contributed by atoms with Crippen molar-refractivity contribution in [1.82, 2.24) is 9.97 Å². The van der Waals surface area contributed by atoms with E-state index in [1.54, 1.807) is 6.20 Å². The van der Waals surface area contributed by atoms with Crippen molar-refractivity contribution >= 4 is 17.7 Å². The molecular formula is C11H18N4O2. The Labute approximate surface area is 101 Å². The lowest BCUT2D eigenvalue weighted by molar-refractivity contribution is -0.140. The minimum Gasteiger partial charge on any atom is -0.469 e. The summed E-state index contributed by atoms with van der Waals surface area (Å²) >= 11 is 0. The van der Waals surface area contributed by atoms with Crippen molar-refractivity contribution in [2.24, 2.45) is 0 Å². The van der Waals surface area contributed by atoms with Crippen LogP contribution in [-0.2, 0) is 9.53 Å². The summed E-state index contributed by atoms with van der Waals surface area (Å²) in [6, 6.07) is 0. The molecule has 0 bridgehead atoms. The summed E-state index contributed by atoms with van der Waals surface area (Å²) in [6.45, 7) is 5.16. The van der Waals surface area contributed by atoms with Crippen molar-refractivity contribution in [2.75, 3.05) is 30.8 Å². The van der Waals surface area contributed by atoms with Gasteiger partial charge in [0.1, 0.15) is 5.82 Å². The number of carbonyl (C=O) groups excluding carboxylic acids is 1. The number of hydrogen-bond donors (Lipinski definition) is 2. The number of esters is 1. The maximum atomic E-state index is 10.9. The van der Waals surface area contributed by atoms with E-state index in [-0.39, 0.29) is 5.97 Å². The highest BCUT2D eigenvalue weighted by molar-refractivity contribution is 5.69. The standard InChI is InChI=1S/C11H18N4O2/c1-4-12-11-14-7-8(2)10(15-11)13-6-5-9(16)17-3/h7H,4-6H2,1-3H3,(H2,12,13,14,15). The lowest BCUT2D eigenvalue weighted by Crippen LogP contribution is -2.12. The second kappa shape index (κ2) is 6.67. The van der Waals surface area contributed by atoms with Gasteiger partial charge in [0.25, 0.3) is 0 Å². The molecule has 0 amide bonds. The van der Waals surface area contributed by atoms with Gasteiger partial charge in [0, 0.05) is 24.8 Å². The number of nitrogens with zero attached hydrogens (tertiary/aromatic N) is 2. The van der Waals surface area contributed by atoms with Crippen molar-refractivity contribution in [1.29, 1.82) is 0 Å². The van der Waals surface area contributed by atoms with Crippen molar-refractivity contribution in [3.05, 3.63) is 11.8 Å². The van der Waals surface area contributed by atoms with Crippen LogP contribution in [-0.4, -0.2) is 36.1 Å². The van der Waals surface area contributed by atoms with Gasteiger partial charge >= 0.3 is 5.97 Å². The first-order valence-electron chi connectivity index (χ1n) is 5.55. The molecule has 94 valence electrons. The topological polar surface area (TPSA) is 76.1 Å². The highest BCUT2D eigenvalue weighted by atomic mass is 16.5. The van der Waals surface area contributed by atoms with Gasteiger partial charge < -0.3 is 15.4 Å². The lowest BCUT2D eigenvalue weighted by Gasteiger charge is -2.09. The Balaban J connectivity index is 2.56. The zero-order valence-electron chi connectivity index (χ0n) is 10.4.